The molecule has 0 spiro atoms. The molecule has 1 atom stereocenters. The van der Waals surface area contributed by atoms with Crippen LogP contribution in [0.2, 0.25) is 0 Å². The molecule has 0 bridgehead atoms. The molecular weight excluding hydrogens is 184 g/mol. The number of hydrazine groups is 1. The Morgan fingerprint density at radius 3 is 2.86 bits per heavy atom. The Kier molecular flexibility index (Phi) is 2.41. The van der Waals surface area contributed by atoms with Gasteiger partial charge in [-0.05, 0) is 18.8 Å². The highest BCUT2D eigenvalue weighted by atomic mass is 16.4. The molecule has 0 aromatic rings. The number of rotatable bonds is 4. The van der Waals surface area contributed by atoms with Crippen LogP contribution in [0.5, 0.6) is 0 Å². The fourth-order valence-electron chi connectivity index (χ4n) is 1.78. The Bertz CT molecular complexity index is 263. The molecule has 1 saturated heterocycles. The summed E-state index contributed by atoms with van der Waals surface area (Å²) < 4.78 is 0. The molecule has 0 aromatic heterocycles. The average Bonchev–Trinajstić information content (AvgIpc) is 2.88. The molecule has 0 aromatic carbocycles. The van der Waals surface area contributed by atoms with Gasteiger partial charge in [-0.25, -0.2) is 5.43 Å². The van der Waals surface area contributed by atoms with Crippen LogP contribution in [0.3, 0.4) is 0 Å². The molecular formula is C9H14N2O3. The van der Waals surface area contributed by atoms with Gasteiger partial charge in [0.15, 0.2) is 0 Å². The molecule has 1 aliphatic heterocycles. The van der Waals surface area contributed by atoms with Crippen LogP contribution < -0.4 is 5.43 Å². The maximum atomic E-state index is 11.4. The van der Waals surface area contributed by atoms with E-state index in [1.54, 1.807) is 0 Å². The second kappa shape index (κ2) is 3.57. The van der Waals surface area contributed by atoms with Gasteiger partial charge < -0.3 is 5.11 Å². The third-order valence-electron chi connectivity index (χ3n) is 2.76. The Morgan fingerprint density at radius 2 is 2.29 bits per heavy atom. The monoisotopic (exact) mass is 198 g/mol. The van der Waals surface area contributed by atoms with Crippen molar-refractivity contribution < 1.29 is 14.7 Å². The topological polar surface area (TPSA) is 69.6 Å². The van der Waals surface area contributed by atoms with Crippen LogP contribution in [0, 0.1) is 5.92 Å². The van der Waals surface area contributed by atoms with Crippen LogP contribution >= 0.6 is 0 Å². The molecule has 2 N–H and O–H groups in total. The van der Waals surface area contributed by atoms with Crippen molar-refractivity contribution in [2.75, 3.05) is 6.54 Å². The number of carboxylic acid groups (broad SMARTS) is 1. The molecule has 2 aliphatic rings. The van der Waals surface area contributed by atoms with Gasteiger partial charge in [-0.15, -0.1) is 0 Å². The molecule has 1 amide bonds. The Morgan fingerprint density at radius 1 is 1.57 bits per heavy atom. The quantitative estimate of drug-likeness (QED) is 0.666. The smallest absolute Gasteiger partial charge is 0.305 e. The molecule has 1 unspecified atom stereocenters. The molecule has 5 nitrogen and oxygen atoms in total. The van der Waals surface area contributed by atoms with Crippen molar-refractivity contribution in [2.45, 2.75) is 31.7 Å². The third-order valence-corrected chi connectivity index (χ3v) is 2.76. The molecule has 1 aliphatic carbocycles. The number of aliphatic carboxylic acids is 1. The van der Waals surface area contributed by atoms with Gasteiger partial charge in [-0.1, -0.05) is 0 Å². The van der Waals surface area contributed by atoms with Gasteiger partial charge in [0.1, 0.15) is 0 Å². The van der Waals surface area contributed by atoms with E-state index in [0.717, 1.165) is 0 Å². The molecule has 2 rings (SSSR count). The maximum Gasteiger partial charge on any atom is 0.305 e. The lowest BCUT2D eigenvalue weighted by Crippen LogP contribution is -2.39. The van der Waals surface area contributed by atoms with Crippen LogP contribution in [0.25, 0.3) is 0 Å². The summed E-state index contributed by atoms with van der Waals surface area (Å²) in [5.41, 5.74) is 3.08. The number of carbonyl (C=O) groups is 2. The second-order valence-electron chi connectivity index (χ2n) is 3.97. The van der Waals surface area contributed by atoms with E-state index in [9.17, 15) is 9.59 Å². The van der Waals surface area contributed by atoms with Crippen molar-refractivity contribution in [3.63, 3.8) is 0 Å². The lowest BCUT2D eigenvalue weighted by atomic mass is 10.1. The van der Waals surface area contributed by atoms with Gasteiger partial charge in [0.05, 0.1) is 6.42 Å². The summed E-state index contributed by atoms with van der Waals surface area (Å²) in [6, 6.07) is 0.260. The summed E-state index contributed by atoms with van der Waals surface area (Å²) >= 11 is 0. The van der Waals surface area contributed by atoms with Crippen molar-refractivity contribution in [1.29, 1.82) is 0 Å². The highest BCUT2D eigenvalue weighted by Crippen LogP contribution is 2.36. The van der Waals surface area contributed by atoms with E-state index in [0.29, 0.717) is 12.3 Å². The lowest BCUT2D eigenvalue weighted by molar-refractivity contribution is -0.138. The first-order valence-corrected chi connectivity index (χ1v) is 4.95. The van der Waals surface area contributed by atoms with Gasteiger partial charge in [0.2, 0.25) is 5.91 Å². The van der Waals surface area contributed by atoms with Crippen molar-refractivity contribution in [1.82, 2.24) is 10.4 Å². The highest BCUT2D eigenvalue weighted by Gasteiger charge is 2.39. The Hall–Kier alpha value is -1.10. The maximum absolute atomic E-state index is 11.4. The molecule has 78 valence electrons. The highest BCUT2D eigenvalue weighted by molar-refractivity contribution is 5.79. The van der Waals surface area contributed by atoms with Crippen molar-refractivity contribution >= 4 is 11.9 Å². The zero-order valence-corrected chi connectivity index (χ0v) is 7.90. The van der Waals surface area contributed by atoms with E-state index in [2.05, 4.69) is 5.43 Å². The van der Waals surface area contributed by atoms with E-state index in [4.69, 9.17) is 5.11 Å². The minimum atomic E-state index is -0.866. The van der Waals surface area contributed by atoms with Crippen molar-refractivity contribution in [3.8, 4) is 0 Å². The number of carboxylic acids is 1. The first-order valence-electron chi connectivity index (χ1n) is 4.95. The fraction of sp³-hybridized carbons (Fsp3) is 0.778. The van der Waals surface area contributed by atoms with E-state index >= 15 is 0 Å². The predicted molar refractivity (Wildman–Crippen MR) is 48.2 cm³/mol. The number of hydrogen-bond acceptors (Lipinski definition) is 3. The van der Waals surface area contributed by atoms with Crippen molar-refractivity contribution in [2.24, 2.45) is 5.92 Å². The summed E-state index contributed by atoms with van der Waals surface area (Å²) in [7, 11) is 0. The number of nitrogens with one attached hydrogen (secondary N) is 1. The Labute approximate surface area is 82.0 Å². The molecule has 5 heteroatoms. The molecule has 0 radical (unpaired) electrons. The van der Waals surface area contributed by atoms with Gasteiger partial charge in [0.25, 0.3) is 0 Å². The minimum Gasteiger partial charge on any atom is -0.481 e. The van der Waals surface area contributed by atoms with Crippen LogP contribution in [0.1, 0.15) is 25.7 Å². The molecule has 14 heavy (non-hydrogen) atoms. The second-order valence-corrected chi connectivity index (χ2v) is 3.97. The Balaban J connectivity index is 1.81. The zero-order chi connectivity index (χ0) is 10.1. The lowest BCUT2D eigenvalue weighted by Gasteiger charge is -2.16. The number of carbonyl (C=O) groups excluding carboxylic acids is 1. The normalized spacial score (nSPS) is 27.0. The zero-order valence-electron chi connectivity index (χ0n) is 7.90. The van der Waals surface area contributed by atoms with Crippen LogP contribution in [0.4, 0.5) is 0 Å². The van der Waals surface area contributed by atoms with Gasteiger partial charge in [0, 0.05) is 19.0 Å². The van der Waals surface area contributed by atoms with Gasteiger partial charge in [-0.3, -0.25) is 14.6 Å². The van der Waals surface area contributed by atoms with Crippen molar-refractivity contribution in [3.05, 3.63) is 0 Å². The SMILES string of the molecule is O=C(O)CCN1NC(C2CC2)CC1=O. The summed E-state index contributed by atoms with van der Waals surface area (Å²) in [4.78, 5) is 21.7. The van der Waals surface area contributed by atoms with E-state index in [1.165, 1.54) is 17.9 Å². The van der Waals surface area contributed by atoms with Crippen LogP contribution in [-0.4, -0.2) is 34.6 Å². The standard InChI is InChI=1S/C9H14N2O3/c12-8-5-7(6-1-2-6)10-11(8)4-3-9(13)14/h6-7,10H,1-5H2,(H,13,14). The fourth-order valence-corrected chi connectivity index (χ4v) is 1.78. The van der Waals surface area contributed by atoms with E-state index < -0.39 is 5.97 Å². The molecule has 1 heterocycles. The van der Waals surface area contributed by atoms with Gasteiger partial charge in [-0.2, -0.15) is 0 Å². The van der Waals surface area contributed by atoms with Gasteiger partial charge >= 0.3 is 5.97 Å². The number of hydrogen-bond donors (Lipinski definition) is 2. The minimum absolute atomic E-state index is 0.0100. The number of amides is 1. The van der Waals surface area contributed by atoms with E-state index in [1.807, 2.05) is 0 Å². The largest absolute Gasteiger partial charge is 0.481 e. The third kappa shape index (κ3) is 2.04. The first-order chi connectivity index (χ1) is 6.66. The summed E-state index contributed by atoms with van der Waals surface area (Å²) in [5.74, 6) is -0.202. The first kappa shape index (κ1) is 9.45. The predicted octanol–water partition coefficient (Wildman–Crippen LogP) is -0.0234. The van der Waals surface area contributed by atoms with Crippen LogP contribution in [0.15, 0.2) is 0 Å². The summed E-state index contributed by atoms with van der Waals surface area (Å²) in [6.45, 7) is 0.275. The number of nitrogens with zero attached hydrogens (tertiary/aromatic N) is 1. The van der Waals surface area contributed by atoms with Crippen LogP contribution in [-0.2, 0) is 9.59 Å². The molecule has 2 fully saturated rings. The van der Waals surface area contributed by atoms with E-state index in [-0.39, 0.29) is 24.9 Å². The average molecular weight is 198 g/mol. The summed E-state index contributed by atoms with van der Waals surface area (Å²) in [5, 5.41) is 9.94. The summed E-state index contributed by atoms with van der Waals surface area (Å²) in [6.07, 6.45) is 2.93. The molecule has 1 saturated carbocycles.